The van der Waals surface area contributed by atoms with Gasteiger partial charge in [-0.25, -0.2) is 9.50 Å². The first-order valence-corrected chi connectivity index (χ1v) is 6.04. The molecule has 0 atom stereocenters. The zero-order valence-corrected chi connectivity index (χ0v) is 9.93. The lowest BCUT2D eigenvalue weighted by atomic mass is 10.3. The predicted molar refractivity (Wildman–Crippen MR) is 65.2 cm³/mol. The maximum absolute atomic E-state index is 4.49. The molecular weight excluding hydrogens is 216 g/mol. The number of aryl methyl sites for hydroxylation is 1. The van der Waals surface area contributed by atoms with Gasteiger partial charge >= 0.3 is 0 Å². The summed E-state index contributed by atoms with van der Waals surface area (Å²) in [6, 6.07) is 0. The maximum Gasteiger partial charge on any atom is 0.253 e. The molecule has 1 saturated heterocycles. The number of hydrogen-bond acceptors (Lipinski definition) is 5. The van der Waals surface area contributed by atoms with E-state index < -0.39 is 0 Å². The summed E-state index contributed by atoms with van der Waals surface area (Å²) < 4.78 is 1.77. The van der Waals surface area contributed by atoms with Crippen LogP contribution in [0.25, 0.3) is 5.78 Å². The quantitative estimate of drug-likeness (QED) is 0.795. The van der Waals surface area contributed by atoms with E-state index >= 15 is 0 Å². The molecule has 0 unspecified atom stereocenters. The zero-order valence-electron chi connectivity index (χ0n) is 9.93. The number of nitrogens with zero attached hydrogens (tertiary/aromatic N) is 5. The number of nitrogens with one attached hydrogen (secondary N) is 1. The lowest BCUT2D eigenvalue weighted by Crippen LogP contribution is -2.44. The average molecular weight is 232 g/mol. The fourth-order valence-corrected chi connectivity index (χ4v) is 1.99. The number of rotatable bonds is 2. The fraction of sp³-hybridized carbons (Fsp3) is 0.545. The normalized spacial score (nSPS) is 16.6. The van der Waals surface area contributed by atoms with Crippen LogP contribution in [0, 0.1) is 0 Å². The van der Waals surface area contributed by atoms with Gasteiger partial charge in [-0.2, -0.15) is 4.98 Å². The molecule has 17 heavy (non-hydrogen) atoms. The van der Waals surface area contributed by atoms with Crippen LogP contribution in [0.5, 0.6) is 0 Å². The fourth-order valence-electron chi connectivity index (χ4n) is 1.99. The summed E-state index contributed by atoms with van der Waals surface area (Å²) in [5.74, 6) is 1.46. The first-order chi connectivity index (χ1) is 8.36. The number of fused-ring (bicyclic) bond motifs is 1. The van der Waals surface area contributed by atoms with Crippen LogP contribution >= 0.6 is 0 Å². The molecule has 0 amide bonds. The summed E-state index contributed by atoms with van der Waals surface area (Å²) in [6.45, 7) is 6.00. The van der Waals surface area contributed by atoms with Gasteiger partial charge in [-0.3, -0.25) is 0 Å². The molecule has 90 valence electrons. The molecule has 6 heteroatoms. The van der Waals surface area contributed by atoms with Gasteiger partial charge in [0.1, 0.15) is 0 Å². The van der Waals surface area contributed by atoms with Crippen LogP contribution in [-0.2, 0) is 6.42 Å². The Labute approximate surface area is 99.7 Å². The molecule has 0 aromatic carbocycles. The molecule has 1 aliphatic heterocycles. The summed E-state index contributed by atoms with van der Waals surface area (Å²) in [4.78, 5) is 11.0. The maximum atomic E-state index is 4.49. The Balaban J connectivity index is 1.95. The van der Waals surface area contributed by atoms with E-state index in [2.05, 4.69) is 32.2 Å². The van der Waals surface area contributed by atoms with E-state index in [0.29, 0.717) is 5.78 Å². The van der Waals surface area contributed by atoms with Gasteiger partial charge in [-0.1, -0.05) is 6.92 Å². The van der Waals surface area contributed by atoms with Crippen molar-refractivity contribution >= 4 is 11.7 Å². The molecule has 1 fully saturated rings. The largest absolute Gasteiger partial charge is 0.337 e. The lowest BCUT2D eigenvalue weighted by molar-refractivity contribution is 0.580. The Morgan fingerprint density at radius 3 is 2.94 bits per heavy atom. The summed E-state index contributed by atoms with van der Waals surface area (Å²) in [5, 5.41) is 7.80. The molecule has 3 heterocycles. The molecular formula is C11H16N6. The first kappa shape index (κ1) is 10.5. The van der Waals surface area contributed by atoms with E-state index in [1.807, 2.05) is 12.4 Å². The highest BCUT2D eigenvalue weighted by Crippen LogP contribution is 2.10. The summed E-state index contributed by atoms with van der Waals surface area (Å²) in [5.41, 5.74) is 1.18. The highest BCUT2D eigenvalue weighted by molar-refractivity contribution is 5.39. The minimum atomic E-state index is 0.677. The molecule has 0 radical (unpaired) electrons. The Morgan fingerprint density at radius 1 is 1.35 bits per heavy atom. The van der Waals surface area contributed by atoms with Crippen molar-refractivity contribution in [3.63, 3.8) is 0 Å². The Hall–Kier alpha value is -1.69. The van der Waals surface area contributed by atoms with Crippen molar-refractivity contribution in [2.45, 2.75) is 13.3 Å². The van der Waals surface area contributed by atoms with E-state index in [0.717, 1.165) is 38.5 Å². The van der Waals surface area contributed by atoms with Crippen LogP contribution in [0.15, 0.2) is 12.4 Å². The smallest absolute Gasteiger partial charge is 0.253 e. The van der Waals surface area contributed by atoms with Crippen LogP contribution < -0.4 is 10.2 Å². The van der Waals surface area contributed by atoms with Gasteiger partial charge in [0.05, 0.1) is 0 Å². The van der Waals surface area contributed by atoms with Gasteiger partial charge in [0.15, 0.2) is 0 Å². The number of aromatic nitrogens is 4. The van der Waals surface area contributed by atoms with Crippen molar-refractivity contribution in [1.29, 1.82) is 0 Å². The Kier molecular flexibility index (Phi) is 2.64. The van der Waals surface area contributed by atoms with Gasteiger partial charge in [0, 0.05) is 38.6 Å². The van der Waals surface area contributed by atoms with Crippen molar-refractivity contribution in [1.82, 2.24) is 24.9 Å². The minimum absolute atomic E-state index is 0.677. The van der Waals surface area contributed by atoms with E-state index in [-0.39, 0.29) is 0 Å². The van der Waals surface area contributed by atoms with Gasteiger partial charge < -0.3 is 10.2 Å². The molecule has 0 bridgehead atoms. The second-order valence-electron chi connectivity index (χ2n) is 4.21. The molecule has 1 N–H and O–H groups in total. The predicted octanol–water partition coefficient (Wildman–Crippen LogP) is 0.0963. The van der Waals surface area contributed by atoms with E-state index in [1.54, 1.807) is 4.52 Å². The standard InChI is InChI=1S/C11H16N6/c1-2-9-7-13-10-14-11(15-17(10)8-9)16-5-3-12-4-6-16/h7-8,12H,2-6H2,1H3. The van der Waals surface area contributed by atoms with Crippen LogP contribution in [0.2, 0.25) is 0 Å². The molecule has 2 aromatic heterocycles. The van der Waals surface area contributed by atoms with Crippen LogP contribution in [0.1, 0.15) is 12.5 Å². The molecule has 0 spiro atoms. The van der Waals surface area contributed by atoms with Gasteiger partial charge in [-0.15, -0.1) is 5.10 Å². The van der Waals surface area contributed by atoms with Crippen molar-refractivity contribution in [3.05, 3.63) is 18.0 Å². The van der Waals surface area contributed by atoms with Gasteiger partial charge in [0.2, 0.25) is 5.95 Å². The molecule has 0 aliphatic carbocycles. The second kappa shape index (κ2) is 4.29. The van der Waals surface area contributed by atoms with E-state index in [1.165, 1.54) is 5.56 Å². The lowest BCUT2D eigenvalue weighted by Gasteiger charge is -2.25. The number of piperazine rings is 1. The van der Waals surface area contributed by atoms with Crippen molar-refractivity contribution < 1.29 is 0 Å². The van der Waals surface area contributed by atoms with Crippen LogP contribution in [0.3, 0.4) is 0 Å². The summed E-state index contributed by atoms with van der Waals surface area (Å²) in [6.07, 6.45) is 4.83. The zero-order chi connectivity index (χ0) is 11.7. The summed E-state index contributed by atoms with van der Waals surface area (Å²) in [7, 11) is 0. The number of anilines is 1. The van der Waals surface area contributed by atoms with Gasteiger partial charge in [-0.05, 0) is 12.0 Å². The first-order valence-electron chi connectivity index (χ1n) is 6.04. The van der Waals surface area contributed by atoms with Crippen molar-refractivity contribution in [3.8, 4) is 0 Å². The Morgan fingerprint density at radius 2 is 2.18 bits per heavy atom. The second-order valence-corrected chi connectivity index (χ2v) is 4.21. The SMILES string of the molecule is CCc1cnc2nc(N3CCNCC3)nn2c1. The topological polar surface area (TPSA) is 58.4 Å². The molecule has 1 aliphatic rings. The summed E-state index contributed by atoms with van der Waals surface area (Å²) >= 11 is 0. The average Bonchev–Trinajstić information content (AvgIpc) is 2.82. The highest BCUT2D eigenvalue weighted by Gasteiger charge is 2.15. The molecule has 0 saturated carbocycles. The minimum Gasteiger partial charge on any atom is -0.337 e. The molecule has 3 rings (SSSR count). The van der Waals surface area contributed by atoms with Crippen LogP contribution in [-0.4, -0.2) is 45.8 Å². The Bertz CT molecular complexity index is 514. The van der Waals surface area contributed by atoms with Crippen molar-refractivity contribution in [2.24, 2.45) is 0 Å². The third-order valence-corrected chi connectivity index (χ3v) is 3.04. The third kappa shape index (κ3) is 1.95. The highest BCUT2D eigenvalue weighted by atomic mass is 15.4. The van der Waals surface area contributed by atoms with Crippen molar-refractivity contribution in [2.75, 3.05) is 31.1 Å². The van der Waals surface area contributed by atoms with E-state index in [9.17, 15) is 0 Å². The van der Waals surface area contributed by atoms with Crippen LogP contribution in [0.4, 0.5) is 5.95 Å². The molecule has 6 nitrogen and oxygen atoms in total. The monoisotopic (exact) mass is 232 g/mol. The number of hydrogen-bond donors (Lipinski definition) is 1. The third-order valence-electron chi connectivity index (χ3n) is 3.04. The van der Waals surface area contributed by atoms with E-state index in [4.69, 9.17) is 0 Å². The molecule has 2 aromatic rings. The van der Waals surface area contributed by atoms with Gasteiger partial charge in [0.25, 0.3) is 5.78 Å².